The molecule has 22 heteroatoms. The molecule has 4 aromatic heterocycles. The molecule has 4 N–H and O–H groups in total. The van der Waals surface area contributed by atoms with Crippen molar-refractivity contribution in [1.82, 2.24) is 29.7 Å². The maximum Gasteiger partial charge on any atom is 0.410 e. The van der Waals surface area contributed by atoms with Crippen LogP contribution in [0.4, 0.5) is 32.3 Å². The van der Waals surface area contributed by atoms with Crippen molar-refractivity contribution in [3.05, 3.63) is 177 Å². The Balaban J connectivity index is 0.000000188. The van der Waals surface area contributed by atoms with Gasteiger partial charge in [0, 0.05) is 150 Å². The Labute approximate surface area is 554 Å². The highest BCUT2D eigenvalue weighted by Gasteiger charge is 2.29. The molecule has 2 saturated heterocycles. The maximum absolute atomic E-state index is 12.8. The zero-order valence-corrected chi connectivity index (χ0v) is 56.8. The van der Waals surface area contributed by atoms with Crippen LogP contribution in [0, 0.1) is 13.8 Å². The number of pyridine rings is 4. The van der Waals surface area contributed by atoms with Crippen LogP contribution in [0.5, 0.6) is 0 Å². The van der Waals surface area contributed by atoms with E-state index in [1.807, 2.05) is 104 Å². The zero-order chi connectivity index (χ0) is 64.8. The minimum atomic E-state index is -0.583. The van der Waals surface area contributed by atoms with Gasteiger partial charge in [0.15, 0.2) is 0 Å². The first kappa shape index (κ1) is 65.6. The molecule has 0 saturated carbocycles. The van der Waals surface area contributed by atoms with Gasteiger partial charge >= 0.3 is 12.2 Å². The fourth-order valence-corrected chi connectivity index (χ4v) is 15.7. The molecule has 0 spiro atoms. The summed E-state index contributed by atoms with van der Waals surface area (Å²) in [6, 6.07) is 44.0. The van der Waals surface area contributed by atoms with Crippen molar-refractivity contribution in [1.29, 1.82) is 0 Å². The van der Waals surface area contributed by atoms with Crippen molar-refractivity contribution in [2.45, 2.75) is 118 Å². The summed E-state index contributed by atoms with van der Waals surface area (Å²) in [5.41, 5.74) is 9.43. The lowest BCUT2D eigenvalue weighted by molar-refractivity contribution is 0.0281. The fourth-order valence-electron chi connectivity index (χ4n) is 10.9. The van der Waals surface area contributed by atoms with Gasteiger partial charge in [-0.3, -0.25) is 19.6 Å². The lowest BCUT2D eigenvalue weighted by Gasteiger charge is -2.29. The number of morpholine rings is 2. The van der Waals surface area contributed by atoms with E-state index in [1.165, 1.54) is 0 Å². The van der Waals surface area contributed by atoms with E-state index >= 15 is 0 Å². The van der Waals surface area contributed by atoms with Crippen LogP contribution < -0.4 is 31.6 Å². The highest BCUT2D eigenvalue weighted by Crippen LogP contribution is 2.54. The number of carbonyl (C=O) groups excluding carboxylic acids is 2. The van der Waals surface area contributed by atoms with Gasteiger partial charge in [0.1, 0.15) is 11.2 Å². The molecule has 8 heterocycles. The van der Waals surface area contributed by atoms with Crippen LogP contribution in [0.3, 0.4) is 0 Å². The predicted molar refractivity (Wildman–Crippen MR) is 369 cm³/mol. The topological polar surface area (TPSA) is 200 Å². The standard InChI is InChI=1S/2C35H39N5O4S2/c2*1-22-8-6-10-26(36-22)28(21-39(5)34(42)44-35(2,3)4)37-23-12-13-29-31(18-23)45-30-11-7-9-25(33(30)46-29)27-19-24(20-32(41)38-27)40-14-16-43-17-15-40/h2*6-13,18-20,28,37H,14-17,21H2,1-5H3,(H,38,41). The Morgan fingerprint density at radius 2 is 0.913 bits per heavy atom. The van der Waals surface area contributed by atoms with Crippen LogP contribution in [0.2, 0.25) is 0 Å². The first-order chi connectivity index (χ1) is 44.0. The molecule has 4 aromatic carbocycles. The van der Waals surface area contributed by atoms with Gasteiger partial charge in [0.05, 0.1) is 61.3 Å². The number of benzene rings is 4. The average Bonchev–Trinajstić information content (AvgIpc) is 0.794. The molecule has 2 amide bonds. The number of rotatable bonds is 14. The number of aromatic nitrogens is 4. The second-order valence-electron chi connectivity index (χ2n) is 25.0. The van der Waals surface area contributed by atoms with Gasteiger partial charge in [0.2, 0.25) is 11.1 Å². The highest BCUT2D eigenvalue weighted by molar-refractivity contribution is 8.05. The van der Waals surface area contributed by atoms with E-state index in [1.54, 1.807) is 83.1 Å². The number of anilines is 4. The van der Waals surface area contributed by atoms with E-state index in [0.29, 0.717) is 39.5 Å². The van der Waals surface area contributed by atoms with E-state index in [2.05, 4.69) is 103 Å². The number of hydrogen-bond acceptors (Lipinski definition) is 18. The number of ether oxygens (including phenoxy) is 4. The predicted octanol–water partition coefficient (Wildman–Crippen LogP) is 14.4. The summed E-state index contributed by atoms with van der Waals surface area (Å²) in [7, 11) is 3.49. The number of H-pyrrole nitrogens is 2. The molecule has 0 aliphatic carbocycles. The third-order valence-corrected chi connectivity index (χ3v) is 20.4. The van der Waals surface area contributed by atoms with Gasteiger partial charge in [-0.25, -0.2) is 9.59 Å². The van der Waals surface area contributed by atoms with Crippen molar-refractivity contribution in [2.75, 3.05) is 100 Å². The van der Waals surface area contributed by atoms with E-state index < -0.39 is 11.2 Å². The Hall–Kier alpha value is -7.86. The summed E-state index contributed by atoms with van der Waals surface area (Å²) in [6.45, 7) is 21.6. The Morgan fingerprint density at radius 3 is 1.29 bits per heavy atom. The number of nitrogens with one attached hydrogen (secondary N) is 4. The third-order valence-electron chi connectivity index (χ3n) is 15.2. The molecule has 0 bridgehead atoms. The molecular weight excluding hydrogens is 1240 g/mol. The molecule has 2 fully saturated rings. The maximum atomic E-state index is 12.8. The molecule has 12 rings (SSSR count). The summed E-state index contributed by atoms with van der Waals surface area (Å²) in [5, 5.41) is 7.28. The van der Waals surface area contributed by atoms with Gasteiger partial charge < -0.3 is 59.1 Å². The van der Waals surface area contributed by atoms with Crippen LogP contribution in [0.25, 0.3) is 22.5 Å². The van der Waals surface area contributed by atoms with Crippen molar-refractivity contribution in [2.24, 2.45) is 0 Å². The van der Waals surface area contributed by atoms with E-state index in [0.717, 1.165) is 133 Å². The summed E-state index contributed by atoms with van der Waals surface area (Å²) >= 11 is 6.85. The zero-order valence-electron chi connectivity index (χ0n) is 53.5. The third kappa shape index (κ3) is 16.7. The Morgan fingerprint density at radius 1 is 0.522 bits per heavy atom. The number of likely N-dealkylation sites (N-methyl/N-ethyl adjacent to an activating group) is 2. The van der Waals surface area contributed by atoms with E-state index in [-0.39, 0.29) is 35.4 Å². The summed E-state index contributed by atoms with van der Waals surface area (Å²) in [5.74, 6) is 0. The minimum absolute atomic E-state index is 0.115. The Bertz CT molecular complexity index is 3860. The van der Waals surface area contributed by atoms with Gasteiger partial charge in [0.25, 0.3) is 0 Å². The van der Waals surface area contributed by atoms with Gasteiger partial charge in [-0.05, 0) is 140 Å². The van der Waals surface area contributed by atoms with Gasteiger partial charge in [-0.1, -0.05) is 83.4 Å². The van der Waals surface area contributed by atoms with Crippen LogP contribution in [0.1, 0.15) is 76.4 Å². The summed E-state index contributed by atoms with van der Waals surface area (Å²) in [4.78, 5) is 83.4. The van der Waals surface area contributed by atoms with Crippen LogP contribution >= 0.6 is 47.0 Å². The smallest absolute Gasteiger partial charge is 0.410 e. The number of nitrogens with zero attached hydrogens (tertiary/aromatic N) is 6. The van der Waals surface area contributed by atoms with Crippen LogP contribution in [0.15, 0.2) is 182 Å². The highest BCUT2D eigenvalue weighted by atomic mass is 32.2. The van der Waals surface area contributed by atoms with Crippen molar-refractivity contribution >= 4 is 82.0 Å². The van der Waals surface area contributed by atoms with Crippen LogP contribution in [-0.4, -0.2) is 133 Å². The number of fused-ring (bicyclic) bond motifs is 4. The molecule has 92 heavy (non-hydrogen) atoms. The quantitative estimate of drug-likeness (QED) is 0.0800. The number of aromatic amines is 2. The second-order valence-corrected chi connectivity index (χ2v) is 29.2. The molecule has 4 aliphatic heterocycles. The molecule has 0 radical (unpaired) electrons. The SMILES string of the molecule is Cc1cccc(C(CN(C)C(=O)OC(C)(C)C)Nc2ccc3c(c2)Sc2cccc(-c4cc(N5CCOCC5)cc(=O)[nH]4)c2S3)n1.Cc1cccc(C(CN(C)C(=O)OC(C)(C)C)Nc2ccc3c(c2)Sc2cccc(-c4cc(N5CCOCC5)cc(=O)[nH]4)c2S3)n1. The number of carbonyl (C=O) groups is 2. The lowest BCUT2D eigenvalue weighted by Crippen LogP contribution is -2.38. The fraction of sp³-hybridized carbons (Fsp3) is 0.343. The largest absolute Gasteiger partial charge is 0.444 e. The minimum Gasteiger partial charge on any atom is -0.444 e. The Kier molecular flexibility index (Phi) is 20.4. The first-order valence-electron chi connectivity index (χ1n) is 30.7. The monoisotopic (exact) mass is 1310 g/mol. The van der Waals surface area contributed by atoms with E-state index in [4.69, 9.17) is 28.9 Å². The van der Waals surface area contributed by atoms with Crippen molar-refractivity contribution in [3.63, 3.8) is 0 Å². The molecule has 480 valence electrons. The average molecular weight is 1320 g/mol. The molecule has 18 nitrogen and oxygen atoms in total. The van der Waals surface area contributed by atoms with Gasteiger partial charge in [-0.15, -0.1) is 0 Å². The second kappa shape index (κ2) is 28.6. The number of amides is 2. The van der Waals surface area contributed by atoms with Crippen LogP contribution in [-0.2, 0) is 18.9 Å². The number of hydrogen-bond donors (Lipinski definition) is 4. The van der Waals surface area contributed by atoms with Gasteiger partial charge in [-0.2, -0.15) is 0 Å². The molecule has 2 atom stereocenters. The normalized spacial score (nSPS) is 15.0. The number of aryl methyl sites for hydroxylation is 2. The van der Waals surface area contributed by atoms with Crippen molar-refractivity contribution in [3.8, 4) is 22.5 Å². The molecular formula is C70H78N10O8S4. The molecule has 4 aliphatic rings. The van der Waals surface area contributed by atoms with E-state index in [9.17, 15) is 19.2 Å². The molecule has 2 unspecified atom stereocenters. The lowest BCUT2D eigenvalue weighted by atomic mass is 10.1. The first-order valence-corrected chi connectivity index (χ1v) is 34.0. The molecule has 8 aromatic rings. The summed E-state index contributed by atoms with van der Waals surface area (Å²) < 4.78 is 22.2. The summed E-state index contributed by atoms with van der Waals surface area (Å²) in [6.07, 6.45) is -0.762. The van der Waals surface area contributed by atoms with Crippen molar-refractivity contribution < 1.29 is 28.5 Å².